The van der Waals surface area contributed by atoms with Gasteiger partial charge in [0.15, 0.2) is 5.96 Å². The minimum absolute atomic E-state index is 0.0649. The van der Waals surface area contributed by atoms with E-state index in [-0.39, 0.29) is 31.6 Å². The summed E-state index contributed by atoms with van der Waals surface area (Å²) in [6.07, 6.45) is 1.75. The van der Waals surface area contributed by atoms with Crippen LogP contribution in [-0.4, -0.2) is 83.2 Å². The predicted octanol–water partition coefficient (Wildman–Crippen LogP) is 6.42. The number of rotatable bonds is 8. The van der Waals surface area contributed by atoms with Crippen LogP contribution in [-0.2, 0) is 16.0 Å². The number of hydrogen-bond donors (Lipinski definition) is 3. The highest BCUT2D eigenvalue weighted by Crippen LogP contribution is 2.61. The number of piperazine rings is 1. The Bertz CT molecular complexity index is 1530. The van der Waals surface area contributed by atoms with Crippen molar-refractivity contribution >= 4 is 52.8 Å². The average Bonchev–Trinajstić information content (AvgIpc) is 3.01. The smallest absolute Gasteiger partial charge is 0.407 e. The van der Waals surface area contributed by atoms with Crippen molar-refractivity contribution in [3.05, 3.63) is 63.6 Å². The van der Waals surface area contributed by atoms with Crippen molar-refractivity contribution in [3.8, 4) is 0 Å². The van der Waals surface area contributed by atoms with Gasteiger partial charge in [0.25, 0.3) is 5.91 Å². The molecule has 1 aliphatic heterocycles. The lowest BCUT2D eigenvalue weighted by Crippen LogP contribution is -2.66. The molecule has 0 unspecified atom stereocenters. The van der Waals surface area contributed by atoms with Crippen molar-refractivity contribution in [3.63, 3.8) is 0 Å². The van der Waals surface area contributed by atoms with Gasteiger partial charge < -0.3 is 25.4 Å². The zero-order valence-corrected chi connectivity index (χ0v) is 29.2. The van der Waals surface area contributed by atoms with Crippen LogP contribution in [0.2, 0.25) is 10.0 Å². The highest BCUT2D eigenvalue weighted by Gasteiger charge is 2.56. The number of carbonyl (C=O) groups is 3. The Kier molecular flexibility index (Phi) is 10.3. The van der Waals surface area contributed by atoms with Gasteiger partial charge in [-0.3, -0.25) is 14.5 Å². The fraction of sp³-hybridized carbons (Fsp3) is 0.543. The van der Waals surface area contributed by atoms with Crippen LogP contribution in [0.5, 0.6) is 0 Å². The summed E-state index contributed by atoms with van der Waals surface area (Å²) in [6.45, 7) is 11.4. The fourth-order valence-corrected chi connectivity index (χ4v) is 8.07. The molecule has 2 bridgehead atoms. The number of nitrogens with zero attached hydrogens (tertiary/aromatic N) is 3. The van der Waals surface area contributed by atoms with E-state index in [0.717, 1.165) is 17.7 Å². The molecule has 0 radical (unpaired) electrons. The highest BCUT2D eigenvalue weighted by molar-refractivity contribution is 6.35. The number of guanidine groups is 1. The first-order valence-corrected chi connectivity index (χ1v) is 17.0. The maximum atomic E-state index is 12.9. The predicted molar refractivity (Wildman–Crippen MR) is 184 cm³/mol. The molecule has 10 nitrogen and oxygen atoms in total. The molecule has 2 aromatic carbocycles. The number of fused-ring (bicyclic) bond motifs is 2. The molecular formula is C35H45Cl2N5O5. The van der Waals surface area contributed by atoms with E-state index in [0.29, 0.717) is 64.2 Å². The Morgan fingerprint density at radius 1 is 1.06 bits per heavy atom. The quantitative estimate of drug-likeness (QED) is 0.166. The second-order valence-corrected chi connectivity index (χ2v) is 14.9. The van der Waals surface area contributed by atoms with E-state index in [2.05, 4.69) is 36.3 Å². The summed E-state index contributed by atoms with van der Waals surface area (Å²) in [4.78, 5) is 45.5. The number of halogens is 2. The molecule has 1 saturated heterocycles. The molecule has 2 aromatic rings. The van der Waals surface area contributed by atoms with Gasteiger partial charge in [0.05, 0.1) is 11.6 Å². The first kappa shape index (κ1) is 34.8. The normalized spacial score (nSPS) is 26.7. The van der Waals surface area contributed by atoms with Crippen LogP contribution in [0, 0.1) is 23.2 Å². The third kappa shape index (κ3) is 7.64. The Balaban J connectivity index is 1.32. The van der Waals surface area contributed by atoms with Gasteiger partial charge in [0, 0.05) is 54.4 Å². The zero-order valence-electron chi connectivity index (χ0n) is 27.7. The van der Waals surface area contributed by atoms with Crippen molar-refractivity contribution in [2.75, 3.05) is 38.1 Å². The van der Waals surface area contributed by atoms with Crippen LogP contribution in [0.15, 0.2) is 47.5 Å². The number of benzene rings is 2. The number of aliphatic imine (C=N–C) groups is 1. The van der Waals surface area contributed by atoms with Crippen molar-refractivity contribution in [1.29, 1.82) is 0 Å². The van der Waals surface area contributed by atoms with Gasteiger partial charge in [0.2, 0.25) is 0 Å². The van der Waals surface area contributed by atoms with E-state index in [1.165, 1.54) is 18.2 Å². The molecule has 4 fully saturated rings. The first-order chi connectivity index (χ1) is 22.2. The molecule has 3 saturated carbocycles. The molecule has 0 spiro atoms. The molecule has 12 heteroatoms. The summed E-state index contributed by atoms with van der Waals surface area (Å²) in [5.74, 6) is 1.61. The number of nitrogens with one attached hydrogen (secondary N) is 2. The summed E-state index contributed by atoms with van der Waals surface area (Å²) in [6, 6.07) is 12.7. The summed E-state index contributed by atoms with van der Waals surface area (Å²) >= 11 is 12.3. The van der Waals surface area contributed by atoms with Crippen molar-refractivity contribution < 1.29 is 24.2 Å². The third-order valence-corrected chi connectivity index (χ3v) is 11.2. The lowest BCUT2D eigenvalue weighted by molar-refractivity contribution is -0.145. The second-order valence-electron chi connectivity index (χ2n) is 14.1. The number of hydrogen-bond acceptors (Lipinski definition) is 5. The molecule has 1 heterocycles. The molecule has 47 heavy (non-hydrogen) atoms. The molecule has 4 aliphatic rings. The van der Waals surface area contributed by atoms with Crippen LogP contribution in [0.4, 0.5) is 10.5 Å². The van der Waals surface area contributed by atoms with Gasteiger partial charge in [-0.2, -0.15) is 0 Å². The van der Waals surface area contributed by atoms with Gasteiger partial charge >= 0.3 is 12.1 Å². The summed E-state index contributed by atoms with van der Waals surface area (Å²) in [7, 11) is 0. The Labute approximate surface area is 286 Å². The Hall–Kier alpha value is -3.50. The van der Waals surface area contributed by atoms with Crippen molar-refractivity contribution in [1.82, 2.24) is 15.1 Å². The van der Waals surface area contributed by atoms with Gasteiger partial charge in [-0.15, -0.1) is 0 Å². The van der Waals surface area contributed by atoms with Crippen molar-refractivity contribution in [2.24, 2.45) is 28.2 Å². The summed E-state index contributed by atoms with van der Waals surface area (Å²) < 4.78 is 5.34. The Morgan fingerprint density at radius 2 is 1.79 bits per heavy atom. The number of esters is 1. The molecule has 6 rings (SSSR count). The number of ether oxygens (including phenoxy) is 1. The maximum Gasteiger partial charge on any atom is 0.407 e. The molecule has 3 N–H and O–H groups in total. The van der Waals surface area contributed by atoms with Crippen molar-refractivity contribution in [2.45, 2.75) is 65.5 Å². The van der Waals surface area contributed by atoms with E-state index in [1.807, 2.05) is 18.2 Å². The third-order valence-electron chi connectivity index (χ3n) is 10.6. The van der Waals surface area contributed by atoms with Gasteiger partial charge in [-0.25, -0.2) is 9.79 Å². The van der Waals surface area contributed by atoms with E-state index in [4.69, 9.17) is 32.9 Å². The van der Waals surface area contributed by atoms with Crippen LogP contribution in [0.3, 0.4) is 0 Å². The zero-order chi connectivity index (χ0) is 34.1. The Morgan fingerprint density at radius 3 is 2.40 bits per heavy atom. The minimum atomic E-state index is -1.06. The van der Waals surface area contributed by atoms with Gasteiger partial charge in [-0.1, -0.05) is 50.0 Å². The van der Waals surface area contributed by atoms with Gasteiger partial charge in [-0.05, 0) is 91.3 Å². The van der Waals surface area contributed by atoms with E-state index in [9.17, 15) is 19.5 Å². The van der Waals surface area contributed by atoms with E-state index >= 15 is 0 Å². The number of carbonyl (C=O) groups excluding carboxylic acids is 2. The first-order valence-electron chi connectivity index (χ1n) is 16.2. The van der Waals surface area contributed by atoms with E-state index in [1.54, 1.807) is 31.2 Å². The summed E-state index contributed by atoms with van der Waals surface area (Å²) in [5, 5.41) is 17.5. The molecule has 5 atom stereocenters. The van der Waals surface area contributed by atoms with Crippen LogP contribution in [0.25, 0.3) is 0 Å². The molecule has 0 aromatic heterocycles. The van der Waals surface area contributed by atoms with Crippen LogP contribution in [0.1, 0.15) is 63.4 Å². The lowest BCUT2D eigenvalue weighted by atomic mass is 9.45. The standard InChI is InChI=1S/C35H45Cl2N5O5/c1-21-28-16-25(34(28,3)4)17-30(21)40-32(41-14-15-42(33(45)46)35(5,19-41)20-47-22(2)43)39-27-10-7-24(8-11-27)31(44)38-13-12-23-6-9-26(36)18-29(23)37/h6-11,18,21,25,28,30H,12-17,19-20H2,1-5H3,(H,38,44)(H,39,40)(H,45,46)/t21-,25+,28-,30-,35-/m0/s1. The number of carboxylic acid groups (broad SMARTS) is 1. The topological polar surface area (TPSA) is 124 Å². The maximum absolute atomic E-state index is 12.9. The lowest BCUT2D eigenvalue weighted by Gasteiger charge is -2.61. The minimum Gasteiger partial charge on any atom is -0.465 e. The van der Waals surface area contributed by atoms with E-state index < -0.39 is 17.6 Å². The molecular weight excluding hydrogens is 641 g/mol. The second kappa shape index (κ2) is 13.9. The average molecular weight is 687 g/mol. The number of amides is 2. The molecule has 3 aliphatic carbocycles. The monoisotopic (exact) mass is 685 g/mol. The highest BCUT2D eigenvalue weighted by atomic mass is 35.5. The molecule has 2 amide bonds. The fourth-order valence-electron chi connectivity index (χ4n) is 7.57. The largest absolute Gasteiger partial charge is 0.465 e. The summed E-state index contributed by atoms with van der Waals surface area (Å²) in [5.41, 5.74) is 1.52. The molecule has 254 valence electrons. The van der Waals surface area contributed by atoms with Crippen LogP contribution < -0.4 is 10.6 Å². The SMILES string of the molecule is CC(=O)OC[C@]1(C)CN(C(=N[C@H]2C[C@H]3C[C@@H]([C@@H]2C)C3(C)C)Nc2ccc(C(=O)NCCc3ccc(Cl)cc3Cl)cc2)CCN1C(=O)O. The van der Waals surface area contributed by atoms with Crippen LogP contribution >= 0.6 is 23.2 Å². The number of anilines is 1. The van der Waals surface area contributed by atoms with Gasteiger partial charge in [0.1, 0.15) is 6.61 Å².